The van der Waals surface area contributed by atoms with E-state index in [2.05, 4.69) is 23.4 Å². The van der Waals surface area contributed by atoms with E-state index in [-0.39, 0.29) is 0 Å². The number of benzene rings is 2. The summed E-state index contributed by atoms with van der Waals surface area (Å²) < 4.78 is 0. The van der Waals surface area contributed by atoms with E-state index in [4.69, 9.17) is 5.73 Å². The fourth-order valence-electron chi connectivity index (χ4n) is 3.17. The van der Waals surface area contributed by atoms with E-state index in [9.17, 15) is 9.90 Å². The molecule has 0 saturated heterocycles. The SMILES string of the molecule is CSc1ccccc1-c1[nH]c2ccc(C(=O)O)cc2c1CCCCN. The van der Waals surface area contributed by atoms with Gasteiger partial charge in [0.1, 0.15) is 0 Å². The van der Waals surface area contributed by atoms with Crippen LogP contribution in [0.5, 0.6) is 0 Å². The summed E-state index contributed by atoms with van der Waals surface area (Å²) >= 11 is 1.71. The number of thioether (sulfide) groups is 1. The Morgan fingerprint density at radius 1 is 1.20 bits per heavy atom. The van der Waals surface area contributed by atoms with Gasteiger partial charge in [-0.25, -0.2) is 4.79 Å². The van der Waals surface area contributed by atoms with Crippen molar-refractivity contribution in [3.05, 3.63) is 53.6 Å². The molecule has 2 aromatic carbocycles. The molecule has 1 aromatic heterocycles. The number of aromatic amines is 1. The van der Waals surface area contributed by atoms with Crippen LogP contribution in [-0.4, -0.2) is 28.9 Å². The molecular formula is C20H22N2O2S. The average Bonchev–Trinajstić information content (AvgIpc) is 2.99. The van der Waals surface area contributed by atoms with Crippen molar-refractivity contribution < 1.29 is 9.90 Å². The normalized spacial score (nSPS) is 11.1. The fraction of sp³-hybridized carbons (Fsp3) is 0.250. The number of aromatic carboxylic acids is 1. The van der Waals surface area contributed by atoms with Gasteiger partial charge in [-0.1, -0.05) is 18.2 Å². The Bertz CT molecular complexity index is 902. The number of rotatable bonds is 7. The van der Waals surface area contributed by atoms with Crippen LogP contribution in [0.2, 0.25) is 0 Å². The first-order valence-electron chi connectivity index (χ1n) is 8.37. The lowest BCUT2D eigenvalue weighted by Gasteiger charge is -2.09. The van der Waals surface area contributed by atoms with Crippen LogP contribution < -0.4 is 5.73 Å². The predicted molar refractivity (Wildman–Crippen MR) is 104 cm³/mol. The van der Waals surface area contributed by atoms with Crippen molar-refractivity contribution in [1.82, 2.24) is 4.98 Å². The van der Waals surface area contributed by atoms with Crippen LogP contribution in [-0.2, 0) is 6.42 Å². The molecular weight excluding hydrogens is 332 g/mol. The summed E-state index contributed by atoms with van der Waals surface area (Å²) in [6.07, 6.45) is 4.88. The molecule has 3 aromatic rings. The Kier molecular flexibility index (Phi) is 5.46. The Morgan fingerprint density at radius 2 is 2.00 bits per heavy atom. The summed E-state index contributed by atoms with van der Waals surface area (Å²) in [5, 5.41) is 10.3. The van der Waals surface area contributed by atoms with E-state index in [1.54, 1.807) is 23.9 Å². The molecule has 0 spiro atoms. The molecule has 4 N–H and O–H groups in total. The molecule has 130 valence electrons. The summed E-state index contributed by atoms with van der Waals surface area (Å²) in [4.78, 5) is 16.1. The van der Waals surface area contributed by atoms with E-state index in [0.717, 1.165) is 41.4 Å². The van der Waals surface area contributed by atoms with Crippen LogP contribution in [0.1, 0.15) is 28.8 Å². The van der Waals surface area contributed by atoms with Gasteiger partial charge in [0.05, 0.1) is 11.3 Å². The smallest absolute Gasteiger partial charge is 0.335 e. The number of aromatic nitrogens is 1. The number of carboxylic acid groups (broad SMARTS) is 1. The lowest BCUT2D eigenvalue weighted by Crippen LogP contribution is -2.00. The number of carboxylic acids is 1. The van der Waals surface area contributed by atoms with Gasteiger partial charge in [0.15, 0.2) is 0 Å². The van der Waals surface area contributed by atoms with Gasteiger partial charge in [-0.3, -0.25) is 0 Å². The molecule has 3 rings (SSSR count). The average molecular weight is 354 g/mol. The summed E-state index contributed by atoms with van der Waals surface area (Å²) in [5.74, 6) is -0.901. The second-order valence-corrected chi connectivity index (χ2v) is 6.84. The molecule has 0 atom stereocenters. The molecule has 0 aliphatic carbocycles. The first kappa shape index (κ1) is 17.6. The molecule has 25 heavy (non-hydrogen) atoms. The largest absolute Gasteiger partial charge is 0.478 e. The highest BCUT2D eigenvalue weighted by Gasteiger charge is 2.16. The van der Waals surface area contributed by atoms with Crippen molar-refractivity contribution in [2.75, 3.05) is 12.8 Å². The molecule has 0 fully saturated rings. The minimum absolute atomic E-state index is 0.316. The molecule has 0 amide bonds. The first-order chi connectivity index (χ1) is 12.2. The number of aryl methyl sites for hydroxylation is 1. The van der Waals surface area contributed by atoms with Gasteiger partial charge in [0.2, 0.25) is 0 Å². The summed E-state index contributed by atoms with van der Waals surface area (Å²) in [7, 11) is 0. The standard InChI is InChI=1S/C20H22N2O2S/c1-25-18-8-3-2-7-15(18)19-14(6-4-5-11-21)16-12-13(20(23)24)9-10-17(16)22-19/h2-3,7-10,12,22H,4-6,11,21H2,1H3,(H,23,24). The number of nitrogens with two attached hydrogens (primary N) is 1. The third-order valence-corrected chi connectivity index (χ3v) is 5.21. The number of fused-ring (bicyclic) bond motifs is 1. The van der Waals surface area contributed by atoms with E-state index in [1.807, 2.05) is 18.2 Å². The lowest BCUT2D eigenvalue weighted by molar-refractivity contribution is 0.0697. The summed E-state index contributed by atoms with van der Waals surface area (Å²) in [5.41, 5.74) is 10.4. The number of nitrogens with one attached hydrogen (secondary N) is 1. The second-order valence-electron chi connectivity index (χ2n) is 5.99. The van der Waals surface area contributed by atoms with Crippen molar-refractivity contribution in [1.29, 1.82) is 0 Å². The van der Waals surface area contributed by atoms with Gasteiger partial charge in [-0.05, 0) is 61.9 Å². The van der Waals surface area contributed by atoms with E-state index in [1.165, 1.54) is 10.5 Å². The third-order valence-electron chi connectivity index (χ3n) is 4.41. The highest BCUT2D eigenvalue weighted by molar-refractivity contribution is 7.98. The highest BCUT2D eigenvalue weighted by Crippen LogP contribution is 2.36. The molecule has 0 saturated carbocycles. The maximum atomic E-state index is 11.4. The molecule has 5 heteroatoms. The van der Waals surface area contributed by atoms with Crippen molar-refractivity contribution >= 4 is 28.6 Å². The molecule has 0 unspecified atom stereocenters. The zero-order chi connectivity index (χ0) is 17.8. The van der Waals surface area contributed by atoms with E-state index in [0.29, 0.717) is 12.1 Å². The quantitative estimate of drug-likeness (QED) is 0.430. The Labute approximate surface area is 151 Å². The van der Waals surface area contributed by atoms with Crippen molar-refractivity contribution in [3.8, 4) is 11.3 Å². The zero-order valence-corrected chi connectivity index (χ0v) is 15.0. The van der Waals surface area contributed by atoms with Gasteiger partial charge < -0.3 is 15.8 Å². The van der Waals surface area contributed by atoms with Crippen molar-refractivity contribution in [2.24, 2.45) is 5.73 Å². The number of hydrogen-bond donors (Lipinski definition) is 3. The van der Waals surface area contributed by atoms with Crippen LogP contribution in [0.3, 0.4) is 0 Å². The minimum atomic E-state index is -0.901. The Balaban J connectivity index is 2.19. The second kappa shape index (κ2) is 7.76. The van der Waals surface area contributed by atoms with Crippen LogP contribution in [0, 0.1) is 0 Å². The maximum Gasteiger partial charge on any atom is 0.335 e. The van der Waals surface area contributed by atoms with Crippen LogP contribution in [0.25, 0.3) is 22.2 Å². The number of hydrogen-bond acceptors (Lipinski definition) is 3. The molecule has 0 radical (unpaired) electrons. The Hall–Kier alpha value is -2.24. The van der Waals surface area contributed by atoms with Crippen molar-refractivity contribution in [3.63, 3.8) is 0 Å². The van der Waals surface area contributed by atoms with Crippen LogP contribution >= 0.6 is 11.8 Å². The van der Waals surface area contributed by atoms with Gasteiger partial charge in [0.25, 0.3) is 0 Å². The molecule has 1 heterocycles. The van der Waals surface area contributed by atoms with E-state index < -0.39 is 5.97 Å². The van der Waals surface area contributed by atoms with Crippen LogP contribution in [0.15, 0.2) is 47.4 Å². The first-order valence-corrected chi connectivity index (χ1v) is 9.59. The molecule has 0 bridgehead atoms. The highest BCUT2D eigenvalue weighted by atomic mass is 32.2. The fourth-order valence-corrected chi connectivity index (χ4v) is 3.77. The lowest BCUT2D eigenvalue weighted by atomic mass is 9.99. The van der Waals surface area contributed by atoms with Gasteiger partial charge in [-0.2, -0.15) is 0 Å². The maximum absolute atomic E-state index is 11.4. The van der Waals surface area contributed by atoms with Gasteiger partial charge in [-0.15, -0.1) is 11.8 Å². The predicted octanol–water partition coefficient (Wildman–Crippen LogP) is 4.54. The zero-order valence-electron chi connectivity index (χ0n) is 14.2. The van der Waals surface area contributed by atoms with Crippen molar-refractivity contribution in [2.45, 2.75) is 24.2 Å². The van der Waals surface area contributed by atoms with Gasteiger partial charge in [0, 0.05) is 21.4 Å². The number of carbonyl (C=O) groups is 1. The monoisotopic (exact) mass is 354 g/mol. The number of unbranched alkanes of at least 4 members (excludes halogenated alkanes) is 1. The number of H-pyrrole nitrogens is 1. The molecule has 0 aliphatic heterocycles. The van der Waals surface area contributed by atoms with E-state index >= 15 is 0 Å². The Morgan fingerprint density at radius 3 is 2.72 bits per heavy atom. The molecule has 4 nitrogen and oxygen atoms in total. The summed E-state index contributed by atoms with van der Waals surface area (Å²) in [6.45, 7) is 0.666. The third kappa shape index (κ3) is 3.57. The minimum Gasteiger partial charge on any atom is -0.478 e. The topological polar surface area (TPSA) is 79.1 Å². The van der Waals surface area contributed by atoms with Gasteiger partial charge >= 0.3 is 5.97 Å². The molecule has 0 aliphatic rings. The summed E-state index contributed by atoms with van der Waals surface area (Å²) in [6, 6.07) is 13.6. The van der Waals surface area contributed by atoms with Crippen LogP contribution in [0.4, 0.5) is 0 Å².